The molecule has 0 aliphatic heterocycles. The van der Waals surface area contributed by atoms with Gasteiger partial charge in [-0.15, -0.1) is 0 Å². The number of likely N-dealkylation sites (N-methyl/N-ethyl adjacent to an activating group) is 1. The highest BCUT2D eigenvalue weighted by atomic mass is 16.6. The van der Waals surface area contributed by atoms with Crippen molar-refractivity contribution in [1.29, 1.82) is 0 Å². The second-order valence-corrected chi connectivity index (χ2v) is 4.91. The fourth-order valence-corrected chi connectivity index (χ4v) is 1.50. The van der Waals surface area contributed by atoms with Crippen LogP contribution in [0.5, 0.6) is 0 Å². The van der Waals surface area contributed by atoms with E-state index in [0.717, 1.165) is 4.90 Å². The number of aliphatic carboxylic acids is 1. The molecule has 9 nitrogen and oxygen atoms in total. The summed E-state index contributed by atoms with van der Waals surface area (Å²) in [6, 6.07) is 0. The van der Waals surface area contributed by atoms with Crippen LogP contribution in [0.1, 0.15) is 13.8 Å². The van der Waals surface area contributed by atoms with E-state index in [4.69, 9.17) is 9.84 Å². The summed E-state index contributed by atoms with van der Waals surface area (Å²) in [5.74, 6) is -1.12. The molecule has 2 rings (SSSR count). The molecule has 21 heavy (non-hydrogen) atoms. The average Bonchev–Trinajstić information content (AvgIpc) is 2.87. The number of carbonyl (C=O) groups is 2. The fraction of sp³-hybridized carbons (Fsp3) is 0.417. The van der Waals surface area contributed by atoms with Crippen molar-refractivity contribution in [3.8, 4) is 0 Å². The molecule has 2 aromatic rings. The van der Waals surface area contributed by atoms with E-state index < -0.39 is 17.6 Å². The molecule has 0 unspecified atom stereocenters. The molecule has 0 aliphatic carbocycles. The molecular formula is C12H15N5O4. The number of hydrogen-bond donors (Lipinski definition) is 1. The first kappa shape index (κ1) is 14.7. The first-order valence-electron chi connectivity index (χ1n) is 6.09. The third-order valence-electron chi connectivity index (χ3n) is 3.24. The summed E-state index contributed by atoms with van der Waals surface area (Å²) in [4.78, 5) is 35.9. The Morgan fingerprint density at radius 3 is 2.81 bits per heavy atom. The summed E-state index contributed by atoms with van der Waals surface area (Å²) in [6.45, 7) is 2.71. The third kappa shape index (κ3) is 2.76. The van der Waals surface area contributed by atoms with E-state index in [-0.39, 0.29) is 6.73 Å². The molecular weight excluding hydrogens is 278 g/mol. The quantitative estimate of drug-likeness (QED) is 0.883. The van der Waals surface area contributed by atoms with Gasteiger partial charge in [-0.05, 0) is 13.8 Å². The van der Waals surface area contributed by atoms with Crippen LogP contribution in [0.2, 0.25) is 0 Å². The van der Waals surface area contributed by atoms with Gasteiger partial charge in [0.25, 0.3) is 0 Å². The van der Waals surface area contributed by atoms with Gasteiger partial charge in [0, 0.05) is 7.05 Å². The first-order chi connectivity index (χ1) is 9.84. The number of rotatable bonds is 4. The average molecular weight is 293 g/mol. The lowest BCUT2D eigenvalue weighted by Gasteiger charge is -2.30. The van der Waals surface area contributed by atoms with Crippen molar-refractivity contribution >= 4 is 23.2 Å². The molecule has 0 atom stereocenters. The molecule has 0 aliphatic rings. The third-order valence-corrected chi connectivity index (χ3v) is 3.24. The Bertz CT molecular complexity index is 681. The van der Waals surface area contributed by atoms with E-state index in [2.05, 4.69) is 15.0 Å². The number of carboxylic acid groups (broad SMARTS) is 1. The van der Waals surface area contributed by atoms with Gasteiger partial charge >= 0.3 is 12.1 Å². The van der Waals surface area contributed by atoms with Crippen LogP contribution < -0.4 is 0 Å². The lowest BCUT2D eigenvalue weighted by Crippen LogP contribution is -2.51. The zero-order valence-corrected chi connectivity index (χ0v) is 11.8. The molecule has 1 N–H and O–H groups in total. The molecule has 0 spiro atoms. The minimum absolute atomic E-state index is 0.119. The van der Waals surface area contributed by atoms with Crippen LogP contribution in [-0.2, 0) is 16.3 Å². The first-order valence-corrected chi connectivity index (χ1v) is 6.09. The second kappa shape index (κ2) is 5.35. The number of aromatic nitrogens is 4. The number of amides is 1. The molecule has 2 aromatic heterocycles. The highest BCUT2D eigenvalue weighted by molar-refractivity contribution is 5.83. The number of hydrogen-bond acceptors (Lipinski definition) is 6. The monoisotopic (exact) mass is 293 g/mol. The van der Waals surface area contributed by atoms with Crippen LogP contribution in [0.15, 0.2) is 18.9 Å². The number of fused-ring (bicyclic) bond motifs is 1. The van der Waals surface area contributed by atoms with Crippen LogP contribution in [0, 0.1) is 0 Å². The molecule has 112 valence electrons. The Labute approximate surface area is 120 Å². The highest BCUT2D eigenvalue weighted by Gasteiger charge is 2.36. The predicted octanol–water partition coefficient (Wildman–Crippen LogP) is 0.715. The molecule has 0 fully saturated rings. The van der Waals surface area contributed by atoms with Crippen molar-refractivity contribution in [2.45, 2.75) is 26.1 Å². The van der Waals surface area contributed by atoms with E-state index in [1.54, 1.807) is 6.20 Å². The van der Waals surface area contributed by atoms with Crippen LogP contribution in [0.4, 0.5) is 4.79 Å². The molecule has 9 heteroatoms. The Hall–Kier alpha value is -2.71. The van der Waals surface area contributed by atoms with E-state index in [0.29, 0.717) is 11.2 Å². The molecule has 0 aromatic carbocycles. The van der Waals surface area contributed by atoms with Gasteiger partial charge in [-0.3, -0.25) is 9.47 Å². The maximum absolute atomic E-state index is 11.9. The van der Waals surface area contributed by atoms with Gasteiger partial charge < -0.3 is 9.84 Å². The van der Waals surface area contributed by atoms with E-state index >= 15 is 0 Å². The van der Waals surface area contributed by atoms with Gasteiger partial charge in [-0.2, -0.15) is 0 Å². The van der Waals surface area contributed by atoms with Crippen molar-refractivity contribution in [2.24, 2.45) is 0 Å². The summed E-state index contributed by atoms with van der Waals surface area (Å²) >= 11 is 0. The molecule has 1 amide bonds. The van der Waals surface area contributed by atoms with Crippen LogP contribution >= 0.6 is 0 Å². The van der Waals surface area contributed by atoms with Crippen molar-refractivity contribution in [1.82, 2.24) is 24.4 Å². The zero-order valence-electron chi connectivity index (χ0n) is 11.8. The zero-order chi connectivity index (χ0) is 15.6. The number of carboxylic acids is 1. The Morgan fingerprint density at radius 1 is 1.43 bits per heavy atom. The van der Waals surface area contributed by atoms with E-state index in [9.17, 15) is 9.59 Å². The number of ether oxygens (including phenoxy) is 1. The predicted molar refractivity (Wildman–Crippen MR) is 71.3 cm³/mol. The topological polar surface area (TPSA) is 110 Å². The number of carbonyl (C=O) groups excluding carboxylic acids is 1. The minimum atomic E-state index is -1.36. The molecule has 0 saturated heterocycles. The summed E-state index contributed by atoms with van der Waals surface area (Å²) in [7, 11) is 1.37. The number of imidazole rings is 1. The summed E-state index contributed by atoms with van der Waals surface area (Å²) < 4.78 is 6.60. The van der Waals surface area contributed by atoms with Crippen LogP contribution in [0.25, 0.3) is 11.2 Å². The van der Waals surface area contributed by atoms with Gasteiger partial charge in [0.2, 0.25) is 0 Å². The summed E-state index contributed by atoms with van der Waals surface area (Å²) in [6.07, 6.45) is 3.62. The highest BCUT2D eigenvalue weighted by Crippen LogP contribution is 2.14. The molecule has 0 radical (unpaired) electrons. The van der Waals surface area contributed by atoms with Crippen molar-refractivity contribution < 1.29 is 19.4 Å². The van der Waals surface area contributed by atoms with Crippen molar-refractivity contribution in [2.75, 3.05) is 7.05 Å². The van der Waals surface area contributed by atoms with Gasteiger partial charge in [0.15, 0.2) is 12.4 Å². The standard InChI is InChI=1S/C12H15N5O4/c1-12(2,10(18)19)16(3)11(20)21-7-17-6-15-8-4-13-5-14-9(8)17/h4-6H,7H2,1-3H3,(H,18,19). The lowest BCUT2D eigenvalue weighted by atomic mass is 10.1. The van der Waals surface area contributed by atoms with Crippen molar-refractivity contribution in [3.05, 3.63) is 18.9 Å². The van der Waals surface area contributed by atoms with Crippen LogP contribution in [-0.4, -0.2) is 54.2 Å². The lowest BCUT2D eigenvalue weighted by molar-refractivity contribution is -0.147. The Morgan fingerprint density at radius 2 is 2.14 bits per heavy atom. The largest absolute Gasteiger partial charge is 0.480 e. The maximum Gasteiger partial charge on any atom is 0.412 e. The molecule has 0 bridgehead atoms. The van der Waals surface area contributed by atoms with E-state index in [1.165, 1.54) is 38.1 Å². The van der Waals surface area contributed by atoms with Gasteiger partial charge in [-0.25, -0.2) is 24.5 Å². The van der Waals surface area contributed by atoms with Crippen molar-refractivity contribution in [3.63, 3.8) is 0 Å². The summed E-state index contributed by atoms with van der Waals surface area (Å²) in [5.41, 5.74) is -0.262. The maximum atomic E-state index is 11.9. The van der Waals surface area contributed by atoms with E-state index in [1.807, 2.05) is 0 Å². The van der Waals surface area contributed by atoms with Crippen LogP contribution in [0.3, 0.4) is 0 Å². The second-order valence-electron chi connectivity index (χ2n) is 4.91. The van der Waals surface area contributed by atoms with Gasteiger partial charge in [0.1, 0.15) is 17.4 Å². The van der Waals surface area contributed by atoms with Gasteiger partial charge in [-0.1, -0.05) is 0 Å². The minimum Gasteiger partial charge on any atom is -0.480 e. The molecule has 2 heterocycles. The normalized spacial score (nSPS) is 11.4. The smallest absolute Gasteiger partial charge is 0.412 e. The SMILES string of the molecule is CN(C(=O)OCn1cnc2cncnc21)C(C)(C)C(=O)O. The fourth-order valence-electron chi connectivity index (χ4n) is 1.50. The van der Waals surface area contributed by atoms with Gasteiger partial charge in [0.05, 0.1) is 12.5 Å². The Kier molecular flexibility index (Phi) is 3.74. The Balaban J connectivity index is 2.06. The molecule has 0 saturated carbocycles. The summed E-state index contributed by atoms with van der Waals surface area (Å²) in [5, 5.41) is 9.07. The number of nitrogens with zero attached hydrogens (tertiary/aromatic N) is 5.